The Balaban J connectivity index is 1.24. The molecule has 202 valence electrons. The molecule has 2 aromatic carbocycles. The molecule has 41 heavy (non-hydrogen) atoms. The zero-order chi connectivity index (χ0) is 27.8. The van der Waals surface area contributed by atoms with E-state index in [0.29, 0.717) is 16.5 Å². The molecule has 0 aliphatic carbocycles. The van der Waals surface area contributed by atoms with E-state index in [9.17, 15) is 4.79 Å². The van der Waals surface area contributed by atoms with Gasteiger partial charge in [0, 0.05) is 42.4 Å². The van der Waals surface area contributed by atoms with Crippen molar-refractivity contribution in [2.24, 2.45) is 0 Å². The van der Waals surface area contributed by atoms with Crippen molar-refractivity contribution >= 4 is 40.2 Å². The lowest BCUT2D eigenvalue weighted by Gasteiger charge is -2.25. The third-order valence-corrected chi connectivity index (χ3v) is 8.10. The number of imidazole rings is 1. The molecule has 0 saturated carbocycles. The van der Waals surface area contributed by atoms with Crippen LogP contribution in [0.25, 0.3) is 28.3 Å². The zero-order valence-electron chi connectivity index (χ0n) is 22.4. The zero-order valence-corrected chi connectivity index (χ0v) is 23.2. The standard InChI is InChI=1S/C32H27N7OS/c1-38-16-13-21-10-11-25(19-23(21)20-38)35-32-33-14-12-26(36-32)30-29(37-28-9-2-3-15-39(28)30)22-6-4-7-24(18-22)34-31(40)27-8-5-17-41-27/h2-12,14-15,17-19H,13,16,20H2,1H3,(H,34,40)(H,33,35,36). The summed E-state index contributed by atoms with van der Waals surface area (Å²) in [6.07, 6.45) is 4.81. The minimum Gasteiger partial charge on any atom is -0.324 e. The van der Waals surface area contributed by atoms with Crippen LogP contribution in [0.3, 0.4) is 0 Å². The summed E-state index contributed by atoms with van der Waals surface area (Å²) >= 11 is 1.41. The van der Waals surface area contributed by atoms with Crippen molar-refractivity contribution in [2.75, 3.05) is 24.2 Å². The number of rotatable bonds is 6. The Morgan fingerprint density at radius 3 is 2.78 bits per heavy atom. The summed E-state index contributed by atoms with van der Waals surface area (Å²) in [6.45, 7) is 2.01. The van der Waals surface area contributed by atoms with Gasteiger partial charge in [-0.05, 0) is 78.5 Å². The SMILES string of the molecule is CN1CCc2ccc(Nc3nccc(-c4c(-c5cccc(NC(=O)c6cccs6)c5)nc5ccccn45)n3)cc2C1. The number of pyridine rings is 1. The van der Waals surface area contributed by atoms with Gasteiger partial charge in [-0.15, -0.1) is 11.3 Å². The molecule has 0 fully saturated rings. The van der Waals surface area contributed by atoms with Gasteiger partial charge in [0.05, 0.1) is 22.0 Å². The maximum Gasteiger partial charge on any atom is 0.265 e. The predicted molar refractivity (Wildman–Crippen MR) is 164 cm³/mol. The number of nitrogens with one attached hydrogen (secondary N) is 2. The Bertz CT molecular complexity index is 1880. The minimum absolute atomic E-state index is 0.132. The van der Waals surface area contributed by atoms with E-state index in [-0.39, 0.29) is 5.91 Å². The second-order valence-corrected chi connectivity index (χ2v) is 11.1. The molecule has 1 aliphatic heterocycles. The molecular formula is C32H27N7OS. The fraction of sp³-hybridized carbons (Fsp3) is 0.125. The summed E-state index contributed by atoms with van der Waals surface area (Å²) in [6, 6.07) is 25.7. The van der Waals surface area contributed by atoms with Crippen molar-refractivity contribution in [2.45, 2.75) is 13.0 Å². The van der Waals surface area contributed by atoms with Gasteiger partial charge in [-0.1, -0.05) is 30.3 Å². The number of benzene rings is 2. The van der Waals surface area contributed by atoms with E-state index in [4.69, 9.17) is 9.97 Å². The first-order valence-corrected chi connectivity index (χ1v) is 14.3. The monoisotopic (exact) mass is 557 g/mol. The van der Waals surface area contributed by atoms with Crippen LogP contribution in [-0.4, -0.2) is 43.8 Å². The van der Waals surface area contributed by atoms with E-state index in [1.807, 2.05) is 76.6 Å². The van der Waals surface area contributed by atoms with Crippen molar-refractivity contribution in [3.05, 3.63) is 113 Å². The van der Waals surface area contributed by atoms with Gasteiger partial charge in [-0.3, -0.25) is 9.20 Å². The van der Waals surface area contributed by atoms with Crippen LogP contribution in [0, 0.1) is 0 Å². The molecule has 0 unspecified atom stereocenters. The van der Waals surface area contributed by atoms with Gasteiger partial charge in [0.1, 0.15) is 5.65 Å². The number of aromatic nitrogens is 4. The highest BCUT2D eigenvalue weighted by atomic mass is 32.1. The smallest absolute Gasteiger partial charge is 0.265 e. The topological polar surface area (TPSA) is 87.5 Å². The molecule has 0 bridgehead atoms. The molecular weight excluding hydrogens is 530 g/mol. The fourth-order valence-corrected chi connectivity index (χ4v) is 5.86. The van der Waals surface area contributed by atoms with Crippen LogP contribution >= 0.6 is 11.3 Å². The molecule has 0 radical (unpaired) electrons. The van der Waals surface area contributed by atoms with Crippen LogP contribution in [0.5, 0.6) is 0 Å². The number of likely N-dealkylation sites (N-methyl/N-ethyl adjacent to an activating group) is 1. The fourth-order valence-electron chi connectivity index (χ4n) is 5.24. The summed E-state index contributed by atoms with van der Waals surface area (Å²) in [5.74, 6) is 0.383. The molecule has 4 aromatic heterocycles. The first-order chi connectivity index (χ1) is 20.1. The number of anilines is 3. The van der Waals surface area contributed by atoms with Crippen molar-refractivity contribution in [1.82, 2.24) is 24.3 Å². The maximum absolute atomic E-state index is 12.7. The first kappa shape index (κ1) is 25.1. The molecule has 6 aromatic rings. The summed E-state index contributed by atoms with van der Waals surface area (Å²) < 4.78 is 2.03. The van der Waals surface area contributed by atoms with Crippen molar-refractivity contribution in [3.63, 3.8) is 0 Å². The van der Waals surface area contributed by atoms with E-state index in [2.05, 4.69) is 45.8 Å². The van der Waals surface area contributed by atoms with Crippen LogP contribution in [0.2, 0.25) is 0 Å². The third-order valence-electron chi connectivity index (χ3n) is 7.23. The van der Waals surface area contributed by atoms with Gasteiger partial charge in [0.2, 0.25) is 5.95 Å². The van der Waals surface area contributed by atoms with E-state index in [1.165, 1.54) is 22.5 Å². The van der Waals surface area contributed by atoms with E-state index in [0.717, 1.165) is 53.5 Å². The highest BCUT2D eigenvalue weighted by Crippen LogP contribution is 2.34. The average molecular weight is 558 g/mol. The largest absolute Gasteiger partial charge is 0.324 e. The lowest BCUT2D eigenvalue weighted by molar-refractivity contribution is 0.103. The second kappa shape index (κ2) is 10.6. The molecule has 9 heteroatoms. The van der Waals surface area contributed by atoms with E-state index >= 15 is 0 Å². The molecule has 1 amide bonds. The number of fused-ring (bicyclic) bond motifs is 2. The molecule has 2 N–H and O–H groups in total. The number of amides is 1. The molecule has 7 rings (SSSR count). The van der Waals surface area contributed by atoms with E-state index < -0.39 is 0 Å². The van der Waals surface area contributed by atoms with Gasteiger partial charge in [0.25, 0.3) is 5.91 Å². The number of hydrogen-bond donors (Lipinski definition) is 2. The van der Waals surface area contributed by atoms with Crippen molar-refractivity contribution in [1.29, 1.82) is 0 Å². The van der Waals surface area contributed by atoms with Crippen LogP contribution < -0.4 is 10.6 Å². The van der Waals surface area contributed by atoms with Gasteiger partial charge >= 0.3 is 0 Å². The van der Waals surface area contributed by atoms with Crippen LogP contribution in [0.1, 0.15) is 20.8 Å². The number of nitrogens with zero attached hydrogens (tertiary/aromatic N) is 5. The van der Waals surface area contributed by atoms with Gasteiger partial charge < -0.3 is 15.5 Å². The highest BCUT2D eigenvalue weighted by molar-refractivity contribution is 7.12. The lowest BCUT2D eigenvalue weighted by Crippen LogP contribution is -2.26. The molecule has 1 aliphatic rings. The molecule has 0 atom stereocenters. The molecule has 0 spiro atoms. The normalized spacial score (nSPS) is 13.2. The molecule has 0 saturated heterocycles. The van der Waals surface area contributed by atoms with Crippen LogP contribution in [0.4, 0.5) is 17.3 Å². The molecule has 8 nitrogen and oxygen atoms in total. The number of carbonyl (C=O) groups excluding carboxylic acids is 1. The van der Waals surface area contributed by atoms with Gasteiger partial charge in [-0.25, -0.2) is 15.0 Å². The summed E-state index contributed by atoms with van der Waals surface area (Å²) in [4.78, 5) is 30.1. The Morgan fingerprint density at radius 2 is 1.88 bits per heavy atom. The van der Waals surface area contributed by atoms with Gasteiger partial charge in [0.15, 0.2) is 0 Å². The number of carbonyl (C=O) groups is 1. The average Bonchev–Trinajstić information content (AvgIpc) is 3.66. The Kier molecular flexibility index (Phi) is 6.50. The number of thiophene rings is 1. The predicted octanol–water partition coefficient (Wildman–Crippen LogP) is 6.50. The number of hydrogen-bond acceptors (Lipinski definition) is 7. The summed E-state index contributed by atoms with van der Waals surface area (Å²) in [7, 11) is 2.15. The Morgan fingerprint density at radius 1 is 0.927 bits per heavy atom. The van der Waals surface area contributed by atoms with Gasteiger partial charge in [-0.2, -0.15) is 0 Å². The lowest BCUT2D eigenvalue weighted by atomic mass is 9.99. The maximum atomic E-state index is 12.7. The summed E-state index contributed by atoms with van der Waals surface area (Å²) in [5.41, 5.74) is 8.42. The quantitative estimate of drug-likeness (QED) is 0.243. The van der Waals surface area contributed by atoms with Crippen LogP contribution in [-0.2, 0) is 13.0 Å². The highest BCUT2D eigenvalue weighted by Gasteiger charge is 2.19. The summed E-state index contributed by atoms with van der Waals surface area (Å²) in [5, 5.41) is 8.30. The van der Waals surface area contributed by atoms with Crippen LogP contribution in [0.15, 0.2) is 96.6 Å². The Labute approximate surface area is 241 Å². The third kappa shape index (κ3) is 5.08. The first-order valence-electron chi connectivity index (χ1n) is 13.4. The van der Waals surface area contributed by atoms with Crippen molar-refractivity contribution in [3.8, 4) is 22.6 Å². The minimum atomic E-state index is -0.132. The van der Waals surface area contributed by atoms with Crippen molar-refractivity contribution < 1.29 is 4.79 Å². The Hall–Kier alpha value is -4.86. The second-order valence-electron chi connectivity index (χ2n) is 10.1. The van der Waals surface area contributed by atoms with E-state index in [1.54, 1.807) is 6.20 Å². The molecule has 5 heterocycles.